The van der Waals surface area contributed by atoms with E-state index in [-0.39, 0.29) is 10.9 Å². The summed E-state index contributed by atoms with van der Waals surface area (Å²) in [5, 5.41) is 9.80. The molecule has 1 aromatic rings. The molecule has 1 aliphatic heterocycles. The molecule has 0 unspecified atom stereocenters. The molecule has 0 spiro atoms. The number of pyridine rings is 1. The van der Waals surface area contributed by atoms with Gasteiger partial charge in [0.05, 0.1) is 6.10 Å². The molecule has 2 atom stereocenters. The lowest BCUT2D eigenvalue weighted by atomic mass is 10.2. The Hall–Kier alpha value is -0.730. The number of aliphatic hydroxyl groups is 1. The third-order valence-electron chi connectivity index (χ3n) is 3.85. The summed E-state index contributed by atoms with van der Waals surface area (Å²) in [6.45, 7) is 7.39. The van der Waals surface area contributed by atoms with Gasteiger partial charge in [-0.25, -0.2) is 13.4 Å². The second-order valence-corrected chi connectivity index (χ2v) is 8.13. The van der Waals surface area contributed by atoms with Crippen molar-refractivity contribution in [3.05, 3.63) is 23.0 Å². The summed E-state index contributed by atoms with van der Waals surface area (Å²) >= 11 is 5.86. The monoisotopic (exact) mass is 347 g/mol. The standard InChI is InChI=1S/C14H22ClN3O3S/c1-10-6-13(7-16-14(10)15)22(20,21)18-5-4-17(9-12(3)19)11(2)8-18/h6-7,11-12,19H,4-5,8-9H2,1-3H3/t11-,12+/m0/s1. The number of aryl methyl sites for hydroxylation is 1. The van der Waals surface area contributed by atoms with Crippen LogP contribution in [-0.2, 0) is 10.0 Å². The SMILES string of the molecule is Cc1cc(S(=O)(=O)N2CCN(C[C@@H](C)O)[C@@H](C)C2)cnc1Cl. The Balaban J connectivity index is 2.16. The molecular weight excluding hydrogens is 326 g/mol. The van der Waals surface area contributed by atoms with Crippen molar-refractivity contribution < 1.29 is 13.5 Å². The van der Waals surface area contributed by atoms with Gasteiger partial charge in [-0.05, 0) is 32.4 Å². The number of hydrogen-bond acceptors (Lipinski definition) is 5. The van der Waals surface area contributed by atoms with Crippen molar-refractivity contribution >= 4 is 21.6 Å². The van der Waals surface area contributed by atoms with E-state index in [2.05, 4.69) is 9.88 Å². The van der Waals surface area contributed by atoms with Gasteiger partial charge >= 0.3 is 0 Å². The Morgan fingerprint density at radius 1 is 1.50 bits per heavy atom. The molecule has 0 radical (unpaired) electrons. The molecule has 1 saturated heterocycles. The van der Waals surface area contributed by atoms with Crippen LogP contribution in [0, 0.1) is 6.92 Å². The lowest BCUT2D eigenvalue weighted by molar-refractivity contribution is 0.0699. The number of nitrogens with zero attached hydrogens (tertiary/aromatic N) is 3. The summed E-state index contributed by atoms with van der Waals surface area (Å²) in [5.41, 5.74) is 0.642. The fourth-order valence-electron chi connectivity index (χ4n) is 2.61. The van der Waals surface area contributed by atoms with E-state index in [0.717, 1.165) is 0 Å². The van der Waals surface area contributed by atoms with Crippen LogP contribution in [0.15, 0.2) is 17.2 Å². The quantitative estimate of drug-likeness (QED) is 0.826. The Morgan fingerprint density at radius 3 is 2.73 bits per heavy atom. The first-order valence-corrected chi connectivity index (χ1v) is 9.08. The zero-order valence-electron chi connectivity index (χ0n) is 13.0. The highest BCUT2D eigenvalue weighted by atomic mass is 35.5. The van der Waals surface area contributed by atoms with Gasteiger partial charge in [-0.3, -0.25) is 4.90 Å². The maximum Gasteiger partial charge on any atom is 0.244 e. The van der Waals surface area contributed by atoms with Crippen molar-refractivity contribution in [1.82, 2.24) is 14.2 Å². The summed E-state index contributed by atoms with van der Waals surface area (Å²) in [6, 6.07) is 1.61. The first-order valence-electron chi connectivity index (χ1n) is 7.26. The molecule has 0 aliphatic carbocycles. The highest BCUT2D eigenvalue weighted by Crippen LogP contribution is 2.22. The largest absolute Gasteiger partial charge is 0.392 e. The topological polar surface area (TPSA) is 73.7 Å². The molecular formula is C14H22ClN3O3S. The second-order valence-electron chi connectivity index (χ2n) is 5.83. The molecule has 0 aromatic carbocycles. The molecule has 0 saturated carbocycles. The fourth-order valence-corrected chi connectivity index (χ4v) is 4.26. The van der Waals surface area contributed by atoms with Gasteiger partial charge in [-0.2, -0.15) is 4.31 Å². The van der Waals surface area contributed by atoms with E-state index in [1.54, 1.807) is 19.9 Å². The van der Waals surface area contributed by atoms with Crippen LogP contribution in [0.3, 0.4) is 0 Å². The minimum atomic E-state index is -3.56. The molecule has 0 bridgehead atoms. The van der Waals surface area contributed by atoms with E-state index < -0.39 is 16.1 Å². The van der Waals surface area contributed by atoms with Gasteiger partial charge in [0.25, 0.3) is 0 Å². The molecule has 1 N–H and O–H groups in total. The van der Waals surface area contributed by atoms with Crippen LogP contribution in [0.25, 0.3) is 0 Å². The predicted molar refractivity (Wildman–Crippen MR) is 85.5 cm³/mol. The van der Waals surface area contributed by atoms with E-state index in [0.29, 0.717) is 36.9 Å². The van der Waals surface area contributed by atoms with Crippen molar-refractivity contribution in [2.75, 3.05) is 26.2 Å². The Morgan fingerprint density at radius 2 is 2.18 bits per heavy atom. The number of sulfonamides is 1. The maximum absolute atomic E-state index is 12.7. The van der Waals surface area contributed by atoms with Crippen molar-refractivity contribution in [2.24, 2.45) is 0 Å². The molecule has 2 rings (SSSR count). The van der Waals surface area contributed by atoms with Gasteiger partial charge in [-0.1, -0.05) is 11.6 Å². The predicted octanol–water partition coefficient (Wildman–Crippen LogP) is 1.12. The summed E-state index contributed by atoms with van der Waals surface area (Å²) < 4.78 is 26.9. The van der Waals surface area contributed by atoms with Crippen LogP contribution in [0.1, 0.15) is 19.4 Å². The number of aromatic nitrogens is 1. The van der Waals surface area contributed by atoms with E-state index in [1.165, 1.54) is 10.5 Å². The molecule has 22 heavy (non-hydrogen) atoms. The Labute approximate surface area is 136 Å². The van der Waals surface area contributed by atoms with E-state index in [4.69, 9.17) is 11.6 Å². The third-order valence-corrected chi connectivity index (χ3v) is 6.08. The third kappa shape index (κ3) is 3.78. The highest BCUT2D eigenvalue weighted by molar-refractivity contribution is 7.89. The summed E-state index contributed by atoms with van der Waals surface area (Å²) in [5.74, 6) is 0. The molecule has 124 valence electrons. The van der Waals surface area contributed by atoms with Gasteiger partial charge in [0.15, 0.2) is 0 Å². The van der Waals surface area contributed by atoms with E-state index in [9.17, 15) is 13.5 Å². The van der Waals surface area contributed by atoms with Crippen molar-refractivity contribution in [3.8, 4) is 0 Å². The molecule has 2 heterocycles. The number of piperazine rings is 1. The minimum Gasteiger partial charge on any atom is -0.392 e. The van der Waals surface area contributed by atoms with Crippen molar-refractivity contribution in [1.29, 1.82) is 0 Å². The van der Waals surface area contributed by atoms with E-state index in [1.807, 2.05) is 6.92 Å². The van der Waals surface area contributed by atoms with Crippen LogP contribution >= 0.6 is 11.6 Å². The average molecular weight is 348 g/mol. The summed E-state index contributed by atoms with van der Waals surface area (Å²) in [7, 11) is -3.56. The number of rotatable bonds is 4. The highest BCUT2D eigenvalue weighted by Gasteiger charge is 2.32. The molecule has 0 amide bonds. The zero-order chi connectivity index (χ0) is 16.5. The van der Waals surface area contributed by atoms with Crippen LogP contribution < -0.4 is 0 Å². The normalized spacial score (nSPS) is 22.7. The first kappa shape index (κ1) is 17.6. The number of halogens is 1. The van der Waals surface area contributed by atoms with Gasteiger partial charge in [-0.15, -0.1) is 0 Å². The lowest BCUT2D eigenvalue weighted by Crippen LogP contribution is -2.54. The van der Waals surface area contributed by atoms with Crippen LogP contribution in [-0.4, -0.2) is 66.0 Å². The smallest absolute Gasteiger partial charge is 0.244 e. The molecule has 1 fully saturated rings. The van der Waals surface area contributed by atoms with Gasteiger partial charge < -0.3 is 5.11 Å². The molecule has 1 aromatic heterocycles. The molecule has 8 heteroatoms. The fraction of sp³-hybridized carbons (Fsp3) is 0.643. The van der Waals surface area contributed by atoms with Crippen LogP contribution in [0.2, 0.25) is 5.15 Å². The maximum atomic E-state index is 12.7. The van der Waals surface area contributed by atoms with Gasteiger partial charge in [0.1, 0.15) is 10.0 Å². The number of hydrogen-bond donors (Lipinski definition) is 1. The number of aliphatic hydroxyl groups excluding tert-OH is 1. The van der Waals surface area contributed by atoms with Crippen LogP contribution in [0.5, 0.6) is 0 Å². The zero-order valence-corrected chi connectivity index (χ0v) is 14.6. The number of β-amino-alcohol motifs (C(OH)–C–C–N with tert-alkyl or cyclic N) is 1. The second kappa shape index (κ2) is 6.80. The van der Waals surface area contributed by atoms with Crippen molar-refractivity contribution in [3.63, 3.8) is 0 Å². The van der Waals surface area contributed by atoms with Gasteiger partial charge in [0, 0.05) is 38.4 Å². The minimum absolute atomic E-state index is 0.0551. The van der Waals surface area contributed by atoms with Gasteiger partial charge in [0.2, 0.25) is 10.0 Å². The first-order chi connectivity index (χ1) is 10.2. The molecule has 1 aliphatic rings. The Bertz CT molecular complexity index is 636. The molecule has 6 nitrogen and oxygen atoms in total. The summed E-state index contributed by atoms with van der Waals surface area (Å²) in [6.07, 6.45) is 0.881. The lowest BCUT2D eigenvalue weighted by Gasteiger charge is -2.39. The average Bonchev–Trinajstić information content (AvgIpc) is 2.43. The van der Waals surface area contributed by atoms with E-state index >= 15 is 0 Å². The van der Waals surface area contributed by atoms with Crippen molar-refractivity contribution in [2.45, 2.75) is 37.8 Å². The summed E-state index contributed by atoms with van der Waals surface area (Å²) in [4.78, 5) is 6.20. The Kier molecular flexibility index (Phi) is 5.45. The van der Waals surface area contributed by atoms with Crippen LogP contribution in [0.4, 0.5) is 0 Å².